The van der Waals surface area contributed by atoms with Crippen LogP contribution in [0, 0.1) is 11.6 Å². The van der Waals surface area contributed by atoms with E-state index in [4.69, 9.17) is 9.47 Å². The third kappa shape index (κ3) is 7.90. The Morgan fingerprint density at radius 1 is 0.829 bits per heavy atom. The lowest BCUT2D eigenvalue weighted by molar-refractivity contribution is -0.137. The molecule has 35 heavy (non-hydrogen) atoms. The highest BCUT2D eigenvalue weighted by Crippen LogP contribution is 2.44. The Kier molecular flexibility index (Phi) is 13.5. The van der Waals surface area contributed by atoms with E-state index in [1.807, 2.05) is 42.9 Å². The van der Waals surface area contributed by atoms with Crippen LogP contribution >= 0.6 is 24.8 Å². The van der Waals surface area contributed by atoms with Crippen LogP contribution in [0.2, 0.25) is 0 Å². The molecule has 0 aromatic heterocycles. The number of hydrogen-bond donors (Lipinski definition) is 0. The lowest BCUT2D eigenvalue weighted by Gasteiger charge is -2.38. The van der Waals surface area contributed by atoms with E-state index in [2.05, 4.69) is 0 Å². The molecule has 0 saturated carbocycles. The molecule has 0 amide bonds. The van der Waals surface area contributed by atoms with Crippen molar-refractivity contribution in [1.82, 2.24) is 14.7 Å². The number of hydrogen-bond acceptors (Lipinski definition) is 7. The number of carbonyl (C=O) groups is 2. The van der Waals surface area contributed by atoms with Gasteiger partial charge in [0.05, 0.1) is 31.3 Å². The zero-order chi connectivity index (χ0) is 24.9. The van der Waals surface area contributed by atoms with Crippen molar-refractivity contribution in [1.29, 1.82) is 0 Å². The van der Waals surface area contributed by atoms with Crippen molar-refractivity contribution in [2.24, 2.45) is 0 Å². The topological polar surface area (TPSA) is 62.3 Å². The number of rotatable bonds is 9. The lowest BCUT2D eigenvalue weighted by Crippen LogP contribution is -2.36. The van der Waals surface area contributed by atoms with E-state index >= 15 is 0 Å². The van der Waals surface area contributed by atoms with Crippen LogP contribution in [0.5, 0.6) is 0 Å². The van der Waals surface area contributed by atoms with Crippen LogP contribution in [0.3, 0.4) is 0 Å². The van der Waals surface area contributed by atoms with Crippen LogP contribution in [0.15, 0.2) is 40.7 Å². The fraction of sp³-hybridized carbons (Fsp3) is 0.500. The molecule has 0 radical (unpaired) electrons. The number of carbonyl (C=O) groups excluding carboxylic acids is 2. The molecule has 0 spiro atoms. The first-order chi connectivity index (χ1) is 15.5. The maximum absolute atomic E-state index is 14.3. The second-order valence-electron chi connectivity index (χ2n) is 8.51. The quantitative estimate of drug-likeness (QED) is 0.446. The molecule has 1 aliphatic rings. The van der Waals surface area contributed by atoms with Gasteiger partial charge in [0, 0.05) is 50.4 Å². The summed E-state index contributed by atoms with van der Waals surface area (Å²) in [6, 6.07) is 3.03. The van der Waals surface area contributed by atoms with Gasteiger partial charge in [0.2, 0.25) is 0 Å². The van der Waals surface area contributed by atoms with E-state index in [1.165, 1.54) is 14.2 Å². The first kappa shape index (κ1) is 32.8. The molecule has 0 aliphatic carbocycles. The fourth-order valence-corrected chi connectivity index (χ4v) is 4.03. The summed E-state index contributed by atoms with van der Waals surface area (Å²) in [7, 11) is 11.9. The SMILES string of the molecule is COC(=O)C1=C(CCN(C)C)N(C)C(CCN(C)C)=C(C(=O)OC)C1c1cc(F)cc(F)c1.Cl.Cl. The molecule has 198 valence electrons. The third-order valence-electron chi connectivity index (χ3n) is 5.63. The van der Waals surface area contributed by atoms with Crippen molar-refractivity contribution >= 4 is 36.8 Å². The molecule has 1 aromatic rings. The molecule has 1 aliphatic heterocycles. The highest BCUT2D eigenvalue weighted by molar-refractivity contribution is 6.00. The van der Waals surface area contributed by atoms with E-state index in [-0.39, 0.29) is 41.5 Å². The summed E-state index contributed by atoms with van der Waals surface area (Å²) in [6.45, 7) is 1.22. The number of ether oxygens (including phenoxy) is 2. The Hall–Kier alpha value is -2.20. The molecule has 0 N–H and O–H groups in total. The van der Waals surface area contributed by atoms with Crippen molar-refractivity contribution in [3.63, 3.8) is 0 Å². The first-order valence-electron chi connectivity index (χ1n) is 10.6. The summed E-state index contributed by atoms with van der Waals surface area (Å²) in [4.78, 5) is 31.9. The Balaban J connectivity index is 0.00000578. The molecule has 1 heterocycles. The van der Waals surface area contributed by atoms with Crippen molar-refractivity contribution < 1.29 is 27.8 Å². The van der Waals surface area contributed by atoms with Crippen LogP contribution in [0.4, 0.5) is 8.78 Å². The maximum Gasteiger partial charge on any atom is 0.336 e. The number of esters is 2. The zero-order valence-corrected chi connectivity index (χ0v) is 22.8. The number of halogens is 4. The molecule has 0 atom stereocenters. The molecule has 1 aromatic carbocycles. The van der Waals surface area contributed by atoms with E-state index < -0.39 is 29.5 Å². The first-order valence-corrected chi connectivity index (χ1v) is 10.6. The van der Waals surface area contributed by atoms with E-state index in [0.29, 0.717) is 37.3 Å². The fourth-order valence-electron chi connectivity index (χ4n) is 4.03. The van der Waals surface area contributed by atoms with Gasteiger partial charge in [-0.3, -0.25) is 0 Å². The van der Waals surface area contributed by atoms with Crippen molar-refractivity contribution in [3.8, 4) is 0 Å². The number of nitrogens with zero attached hydrogens (tertiary/aromatic N) is 3. The summed E-state index contributed by atoms with van der Waals surface area (Å²) in [5.74, 6) is -3.98. The highest BCUT2D eigenvalue weighted by atomic mass is 35.5. The number of methoxy groups -OCH3 is 2. The maximum atomic E-state index is 14.3. The van der Waals surface area contributed by atoms with Gasteiger partial charge in [-0.25, -0.2) is 18.4 Å². The number of benzene rings is 1. The molecule has 7 nitrogen and oxygen atoms in total. The minimum Gasteiger partial charge on any atom is -0.466 e. The van der Waals surface area contributed by atoms with Crippen LogP contribution in [0.25, 0.3) is 0 Å². The Morgan fingerprint density at radius 2 is 1.20 bits per heavy atom. The van der Waals surface area contributed by atoms with Gasteiger partial charge in [0.25, 0.3) is 0 Å². The van der Waals surface area contributed by atoms with Gasteiger partial charge in [-0.2, -0.15) is 0 Å². The second kappa shape index (κ2) is 14.4. The van der Waals surface area contributed by atoms with Crippen LogP contribution in [0.1, 0.15) is 24.3 Å². The molecule has 0 bridgehead atoms. The molecule has 0 fully saturated rings. The van der Waals surface area contributed by atoms with E-state index in [1.54, 1.807) is 7.05 Å². The lowest BCUT2D eigenvalue weighted by atomic mass is 9.78. The Labute approximate surface area is 218 Å². The van der Waals surface area contributed by atoms with Crippen LogP contribution < -0.4 is 0 Å². The summed E-state index contributed by atoms with van der Waals surface area (Å²) in [6.07, 6.45) is 0.921. The average Bonchev–Trinajstić information content (AvgIpc) is 2.74. The minimum atomic E-state index is -1.04. The predicted molar refractivity (Wildman–Crippen MR) is 136 cm³/mol. The Bertz CT molecular complexity index is 898. The molecule has 0 unspecified atom stereocenters. The molecular formula is C24H35Cl2F2N3O4. The summed E-state index contributed by atoms with van der Waals surface area (Å²) >= 11 is 0. The van der Waals surface area contributed by atoms with Gasteiger partial charge in [0.15, 0.2) is 0 Å². The third-order valence-corrected chi connectivity index (χ3v) is 5.63. The summed E-state index contributed by atoms with van der Waals surface area (Å²) in [5.41, 5.74) is 1.74. The standard InChI is InChI=1S/C24H33F2N3O4.2ClH/c1-27(2)10-8-18-21(23(30)32-6)20(15-12-16(25)14-17(26)13-15)22(24(31)33-7)19(29(18)5)9-11-28(3)4;;/h12-14,20H,8-11H2,1-7H3;2*1H. The average molecular weight is 538 g/mol. The monoisotopic (exact) mass is 537 g/mol. The van der Waals surface area contributed by atoms with Gasteiger partial charge in [0.1, 0.15) is 11.6 Å². The second-order valence-corrected chi connectivity index (χ2v) is 8.51. The molecular weight excluding hydrogens is 503 g/mol. The molecule has 0 saturated heterocycles. The van der Waals surface area contributed by atoms with Crippen molar-refractivity contribution in [3.05, 3.63) is 57.9 Å². The normalized spacial score (nSPS) is 14.2. The minimum absolute atomic E-state index is 0. The van der Waals surface area contributed by atoms with Crippen LogP contribution in [-0.2, 0) is 19.1 Å². The van der Waals surface area contributed by atoms with Gasteiger partial charge in [-0.1, -0.05) is 0 Å². The van der Waals surface area contributed by atoms with Gasteiger partial charge < -0.3 is 24.2 Å². The molecule has 11 heteroatoms. The van der Waals surface area contributed by atoms with Gasteiger partial charge >= 0.3 is 11.9 Å². The van der Waals surface area contributed by atoms with Crippen LogP contribution in [-0.4, -0.2) is 89.2 Å². The summed E-state index contributed by atoms with van der Waals surface area (Å²) < 4.78 is 38.7. The van der Waals surface area contributed by atoms with E-state index in [0.717, 1.165) is 18.2 Å². The highest BCUT2D eigenvalue weighted by Gasteiger charge is 2.41. The Morgan fingerprint density at radius 3 is 1.51 bits per heavy atom. The summed E-state index contributed by atoms with van der Waals surface area (Å²) in [5, 5.41) is 0. The van der Waals surface area contributed by atoms with Crippen molar-refractivity contribution in [2.45, 2.75) is 18.8 Å². The predicted octanol–water partition coefficient (Wildman–Crippen LogP) is 3.60. The van der Waals surface area contributed by atoms with Gasteiger partial charge in [-0.05, 0) is 45.9 Å². The largest absolute Gasteiger partial charge is 0.466 e. The van der Waals surface area contributed by atoms with Crippen molar-refractivity contribution in [2.75, 3.05) is 62.5 Å². The van der Waals surface area contributed by atoms with E-state index in [9.17, 15) is 18.4 Å². The molecule has 2 rings (SSSR count). The zero-order valence-electron chi connectivity index (χ0n) is 21.2. The smallest absolute Gasteiger partial charge is 0.336 e. The van der Waals surface area contributed by atoms with Gasteiger partial charge in [-0.15, -0.1) is 24.8 Å².